The van der Waals surface area contributed by atoms with Crippen molar-refractivity contribution in [3.63, 3.8) is 0 Å². The van der Waals surface area contributed by atoms with E-state index in [1.807, 2.05) is 6.08 Å². The Bertz CT molecular complexity index is 1160. The van der Waals surface area contributed by atoms with E-state index in [9.17, 15) is 4.79 Å². The number of nitrogens with one attached hydrogen (secondary N) is 2. The minimum absolute atomic E-state index is 0.263. The normalized spacial score (nSPS) is 11.1. The molecule has 29 heavy (non-hydrogen) atoms. The van der Waals surface area contributed by atoms with Gasteiger partial charge in [-0.25, -0.2) is 0 Å². The highest BCUT2D eigenvalue weighted by Crippen LogP contribution is 2.32. The lowest BCUT2D eigenvalue weighted by atomic mass is 10.1. The van der Waals surface area contributed by atoms with E-state index in [0.29, 0.717) is 39.3 Å². The van der Waals surface area contributed by atoms with Gasteiger partial charge in [-0.05, 0) is 24.3 Å². The van der Waals surface area contributed by atoms with E-state index in [1.54, 1.807) is 55.4 Å². The van der Waals surface area contributed by atoms with Crippen molar-refractivity contribution in [3.8, 4) is 5.75 Å². The van der Waals surface area contributed by atoms with Crippen LogP contribution in [0.2, 0.25) is 0 Å². The molecule has 9 heteroatoms. The lowest BCUT2D eigenvalue weighted by molar-refractivity contribution is 0.0947. The smallest absolute Gasteiger partial charge is 0.255 e. The number of aromatic amines is 1. The molecule has 0 aliphatic rings. The Morgan fingerprint density at radius 2 is 1.93 bits per heavy atom. The Kier molecular flexibility index (Phi) is 5.19. The average Bonchev–Trinajstić information content (AvgIpc) is 3.20. The molecule has 3 aromatic heterocycles. The first-order chi connectivity index (χ1) is 14.3. The third-order valence-corrected chi connectivity index (χ3v) is 4.20. The molecule has 0 atom stereocenters. The Morgan fingerprint density at radius 1 is 1.10 bits per heavy atom. The van der Waals surface area contributed by atoms with Crippen molar-refractivity contribution in [1.29, 1.82) is 0 Å². The maximum Gasteiger partial charge on any atom is 0.255 e. The molecule has 0 aliphatic heterocycles. The second kappa shape index (κ2) is 8.26. The molecule has 2 N–H and O–H groups in total. The van der Waals surface area contributed by atoms with Crippen molar-refractivity contribution < 1.29 is 9.53 Å². The monoisotopic (exact) mass is 387 g/mol. The Labute approximate surface area is 165 Å². The summed E-state index contributed by atoms with van der Waals surface area (Å²) in [6.45, 7) is 0.263. The minimum Gasteiger partial charge on any atom is -0.495 e. The SMILES string of the molecule is COc1c(C(=O)NCc2cnccn2)ccc2n[nH]c(C=Cc3cnccn3)c12. The van der Waals surface area contributed by atoms with E-state index in [-0.39, 0.29) is 12.5 Å². The summed E-state index contributed by atoms with van der Waals surface area (Å²) in [5, 5.41) is 10.8. The molecule has 0 spiro atoms. The number of amides is 1. The fourth-order valence-electron chi connectivity index (χ4n) is 2.87. The van der Waals surface area contributed by atoms with Crippen LogP contribution >= 0.6 is 0 Å². The Hall–Kier alpha value is -4.14. The van der Waals surface area contributed by atoms with Crippen molar-refractivity contribution in [2.24, 2.45) is 0 Å². The minimum atomic E-state index is -0.278. The van der Waals surface area contributed by atoms with Crippen molar-refractivity contribution >= 4 is 29.0 Å². The largest absolute Gasteiger partial charge is 0.495 e. The van der Waals surface area contributed by atoms with Gasteiger partial charge in [0, 0.05) is 24.8 Å². The molecule has 4 aromatic rings. The lowest BCUT2D eigenvalue weighted by Crippen LogP contribution is -2.24. The predicted octanol–water partition coefficient (Wildman–Crippen LogP) is 2.25. The number of nitrogens with zero attached hydrogens (tertiary/aromatic N) is 5. The Morgan fingerprint density at radius 3 is 2.66 bits per heavy atom. The van der Waals surface area contributed by atoms with Crippen LogP contribution in [0.3, 0.4) is 0 Å². The van der Waals surface area contributed by atoms with Gasteiger partial charge in [0.05, 0.1) is 59.6 Å². The molecule has 144 valence electrons. The van der Waals surface area contributed by atoms with Crippen LogP contribution in [-0.2, 0) is 6.54 Å². The average molecular weight is 387 g/mol. The van der Waals surface area contributed by atoms with Crippen LogP contribution in [0.1, 0.15) is 27.4 Å². The maximum atomic E-state index is 12.7. The topological polar surface area (TPSA) is 119 Å². The first kappa shape index (κ1) is 18.2. The number of hydrogen-bond donors (Lipinski definition) is 2. The molecule has 1 aromatic carbocycles. The molecule has 0 aliphatic carbocycles. The second-order valence-electron chi connectivity index (χ2n) is 6.02. The van der Waals surface area contributed by atoms with Crippen LogP contribution in [0.5, 0.6) is 5.75 Å². The number of H-pyrrole nitrogens is 1. The molecule has 4 rings (SSSR count). The Balaban J connectivity index is 1.65. The van der Waals surface area contributed by atoms with E-state index in [2.05, 4.69) is 35.5 Å². The fraction of sp³-hybridized carbons (Fsp3) is 0.100. The van der Waals surface area contributed by atoms with Crippen LogP contribution in [-0.4, -0.2) is 43.2 Å². The zero-order valence-corrected chi connectivity index (χ0v) is 15.5. The number of aromatic nitrogens is 6. The fourth-order valence-corrected chi connectivity index (χ4v) is 2.87. The molecular formula is C20H17N7O2. The highest BCUT2D eigenvalue weighted by molar-refractivity contribution is 6.05. The second-order valence-corrected chi connectivity index (χ2v) is 6.02. The molecule has 3 heterocycles. The van der Waals surface area contributed by atoms with E-state index in [4.69, 9.17) is 4.74 Å². The molecule has 0 unspecified atom stereocenters. The van der Waals surface area contributed by atoms with Gasteiger partial charge in [0.15, 0.2) is 0 Å². The van der Waals surface area contributed by atoms with Gasteiger partial charge >= 0.3 is 0 Å². The van der Waals surface area contributed by atoms with Crippen molar-refractivity contribution in [2.45, 2.75) is 6.54 Å². The van der Waals surface area contributed by atoms with Crippen LogP contribution < -0.4 is 10.1 Å². The summed E-state index contributed by atoms with van der Waals surface area (Å²) < 4.78 is 5.57. The van der Waals surface area contributed by atoms with Gasteiger partial charge < -0.3 is 10.1 Å². The van der Waals surface area contributed by atoms with E-state index < -0.39 is 0 Å². The van der Waals surface area contributed by atoms with Crippen molar-refractivity contribution in [1.82, 2.24) is 35.5 Å². The molecule has 1 amide bonds. The molecule has 0 saturated heterocycles. The highest BCUT2D eigenvalue weighted by atomic mass is 16.5. The van der Waals surface area contributed by atoms with Gasteiger partial charge in [0.1, 0.15) is 5.75 Å². The molecule has 0 saturated carbocycles. The van der Waals surface area contributed by atoms with Crippen LogP contribution in [0, 0.1) is 0 Å². The molecule has 0 fully saturated rings. The summed E-state index contributed by atoms with van der Waals surface area (Å²) in [4.78, 5) is 29.1. The van der Waals surface area contributed by atoms with Gasteiger partial charge in [-0.2, -0.15) is 5.10 Å². The number of benzene rings is 1. The lowest BCUT2D eigenvalue weighted by Gasteiger charge is -2.10. The number of ether oxygens (including phenoxy) is 1. The molecule has 0 bridgehead atoms. The molecule has 0 radical (unpaired) electrons. The standard InChI is InChI=1S/C20H17N7O2/c1-29-19-15(20(28)25-12-14-11-22-7-9-24-14)3-5-17-18(19)16(26-27-17)4-2-13-10-21-6-8-23-13/h2-11H,12H2,1H3,(H,25,28)(H,26,27). The van der Waals surface area contributed by atoms with E-state index in [1.165, 1.54) is 7.11 Å². The summed E-state index contributed by atoms with van der Waals surface area (Å²) in [5.74, 6) is 0.158. The van der Waals surface area contributed by atoms with Crippen molar-refractivity contribution in [3.05, 3.63) is 72.0 Å². The number of rotatable bonds is 6. The summed E-state index contributed by atoms with van der Waals surface area (Å²) in [5.41, 5.74) is 3.15. The van der Waals surface area contributed by atoms with Crippen LogP contribution in [0.4, 0.5) is 0 Å². The highest BCUT2D eigenvalue weighted by Gasteiger charge is 2.18. The molecular weight excluding hydrogens is 370 g/mol. The summed E-state index contributed by atoms with van der Waals surface area (Å²) in [7, 11) is 1.53. The zero-order chi connectivity index (χ0) is 20.1. The first-order valence-corrected chi connectivity index (χ1v) is 8.78. The quantitative estimate of drug-likeness (QED) is 0.521. The number of carbonyl (C=O) groups excluding carboxylic acids is 1. The summed E-state index contributed by atoms with van der Waals surface area (Å²) in [6, 6.07) is 3.45. The maximum absolute atomic E-state index is 12.7. The zero-order valence-electron chi connectivity index (χ0n) is 15.5. The van der Waals surface area contributed by atoms with Crippen LogP contribution in [0.25, 0.3) is 23.1 Å². The number of methoxy groups -OCH3 is 1. The van der Waals surface area contributed by atoms with Crippen molar-refractivity contribution in [2.75, 3.05) is 7.11 Å². The van der Waals surface area contributed by atoms with Gasteiger partial charge in [-0.3, -0.25) is 29.8 Å². The third kappa shape index (κ3) is 3.93. The number of fused-ring (bicyclic) bond motifs is 1. The first-order valence-electron chi connectivity index (χ1n) is 8.78. The summed E-state index contributed by atoms with van der Waals surface area (Å²) >= 11 is 0. The van der Waals surface area contributed by atoms with E-state index >= 15 is 0 Å². The number of hydrogen-bond acceptors (Lipinski definition) is 7. The van der Waals surface area contributed by atoms with Gasteiger partial charge in [0.2, 0.25) is 0 Å². The predicted molar refractivity (Wildman–Crippen MR) is 107 cm³/mol. The van der Waals surface area contributed by atoms with Gasteiger partial charge in [-0.15, -0.1) is 0 Å². The van der Waals surface area contributed by atoms with E-state index in [0.717, 1.165) is 0 Å². The summed E-state index contributed by atoms with van der Waals surface area (Å²) in [6.07, 6.45) is 13.3. The molecule has 9 nitrogen and oxygen atoms in total. The third-order valence-electron chi connectivity index (χ3n) is 4.20. The van der Waals surface area contributed by atoms with Gasteiger partial charge in [0.25, 0.3) is 5.91 Å². The number of carbonyl (C=O) groups is 1. The van der Waals surface area contributed by atoms with Gasteiger partial charge in [-0.1, -0.05) is 0 Å². The van der Waals surface area contributed by atoms with Crippen LogP contribution in [0.15, 0.2) is 49.3 Å².